The first kappa shape index (κ1) is 26.0. The van der Waals surface area contributed by atoms with Crippen molar-refractivity contribution < 1.29 is 24.2 Å². The number of nitrogens with one attached hydrogen (secondary N) is 1. The molecule has 0 unspecified atom stereocenters. The Hall–Kier alpha value is -3.66. The molecule has 2 amide bonds. The van der Waals surface area contributed by atoms with Gasteiger partial charge in [0.05, 0.1) is 28.6 Å². The average Bonchev–Trinajstić information content (AvgIpc) is 3.23. The summed E-state index contributed by atoms with van der Waals surface area (Å²) in [5, 5.41) is 17.7. The number of carbonyl (C=O) groups excluding carboxylic acids is 2. The SMILES string of the molecule is CC(C)c1c(OCC(C)(C)O)ccc2c(C(=O)NC3CC4(C3)CC(Oc3ncccc3C(N)=O)C4)cnn12. The molecule has 3 heterocycles. The van der Waals surface area contributed by atoms with Gasteiger partial charge < -0.3 is 25.6 Å². The van der Waals surface area contributed by atoms with Crippen molar-refractivity contribution in [1.29, 1.82) is 0 Å². The predicted octanol–water partition coefficient (Wildman–Crippen LogP) is 3.22. The van der Waals surface area contributed by atoms with E-state index in [0.717, 1.165) is 31.4 Å². The van der Waals surface area contributed by atoms with Crippen molar-refractivity contribution in [3.8, 4) is 11.6 Å². The smallest absolute Gasteiger partial charge is 0.255 e. The number of amides is 2. The number of nitrogens with zero attached hydrogens (tertiary/aromatic N) is 3. The van der Waals surface area contributed by atoms with Gasteiger partial charge in [0.2, 0.25) is 5.88 Å². The summed E-state index contributed by atoms with van der Waals surface area (Å²) >= 11 is 0. The molecule has 10 nitrogen and oxygen atoms in total. The lowest BCUT2D eigenvalue weighted by Crippen LogP contribution is -2.58. The molecule has 0 bridgehead atoms. The van der Waals surface area contributed by atoms with Gasteiger partial charge in [0, 0.05) is 12.2 Å². The molecule has 10 heteroatoms. The van der Waals surface area contributed by atoms with E-state index in [1.54, 1.807) is 42.9 Å². The fraction of sp³-hybridized carbons (Fsp3) is 0.500. The lowest BCUT2D eigenvalue weighted by molar-refractivity contribution is -0.0848. The Morgan fingerprint density at radius 2 is 1.95 bits per heavy atom. The largest absolute Gasteiger partial charge is 0.489 e. The van der Waals surface area contributed by atoms with Gasteiger partial charge in [-0.15, -0.1) is 0 Å². The van der Waals surface area contributed by atoms with Crippen molar-refractivity contribution in [2.24, 2.45) is 11.1 Å². The highest BCUT2D eigenvalue weighted by Gasteiger charge is 2.54. The van der Waals surface area contributed by atoms with Gasteiger partial charge in [0.1, 0.15) is 24.0 Å². The van der Waals surface area contributed by atoms with Gasteiger partial charge in [-0.2, -0.15) is 5.10 Å². The molecule has 0 saturated heterocycles. The van der Waals surface area contributed by atoms with Crippen LogP contribution >= 0.6 is 0 Å². The van der Waals surface area contributed by atoms with Crippen LogP contribution in [0.25, 0.3) is 5.52 Å². The normalized spacial score (nSPS) is 22.7. The number of ether oxygens (including phenoxy) is 2. The second kappa shape index (κ2) is 9.58. The molecule has 0 radical (unpaired) electrons. The van der Waals surface area contributed by atoms with Crippen LogP contribution in [0, 0.1) is 5.41 Å². The van der Waals surface area contributed by atoms with Crippen molar-refractivity contribution in [2.45, 2.75) is 77.0 Å². The van der Waals surface area contributed by atoms with Gasteiger partial charge in [-0.05, 0) is 75.1 Å². The maximum absolute atomic E-state index is 13.2. The minimum absolute atomic E-state index is 0.0125. The van der Waals surface area contributed by atoms with Gasteiger partial charge in [-0.25, -0.2) is 9.50 Å². The molecule has 0 atom stereocenters. The predicted molar refractivity (Wildman–Crippen MR) is 140 cm³/mol. The minimum Gasteiger partial charge on any atom is -0.489 e. The number of rotatable bonds is 9. The van der Waals surface area contributed by atoms with E-state index in [4.69, 9.17) is 15.2 Å². The van der Waals surface area contributed by atoms with Crippen LogP contribution in [0.1, 0.15) is 85.7 Å². The molecule has 2 saturated carbocycles. The van der Waals surface area contributed by atoms with Crippen LogP contribution in [0.15, 0.2) is 36.7 Å². The number of fused-ring (bicyclic) bond motifs is 1. The molecule has 38 heavy (non-hydrogen) atoms. The number of carbonyl (C=O) groups is 2. The third-order valence-electron chi connectivity index (χ3n) is 7.38. The third-order valence-corrected chi connectivity index (χ3v) is 7.38. The Labute approximate surface area is 221 Å². The molecule has 2 fully saturated rings. The highest BCUT2D eigenvalue weighted by atomic mass is 16.5. The van der Waals surface area contributed by atoms with Gasteiger partial charge in [0.25, 0.3) is 11.8 Å². The molecule has 2 aliphatic rings. The molecular weight excluding hydrogens is 486 g/mol. The summed E-state index contributed by atoms with van der Waals surface area (Å²) in [6, 6.07) is 7.04. The number of nitrogens with two attached hydrogens (primary N) is 1. The van der Waals surface area contributed by atoms with Crippen LogP contribution < -0.4 is 20.5 Å². The zero-order valence-corrected chi connectivity index (χ0v) is 22.2. The topological polar surface area (TPSA) is 141 Å². The Morgan fingerprint density at radius 1 is 1.21 bits per heavy atom. The molecule has 3 aromatic heterocycles. The Balaban J connectivity index is 1.19. The standard InChI is InChI=1S/C28H35N5O5/c1-16(2)23-22(37-15-27(3,4)36)8-7-21-20(14-31-33(21)23)25(35)32-17-10-28(11-17)12-18(13-28)38-26-19(24(29)34)6-5-9-30-26/h5-9,14,16-18,36H,10-13,15H2,1-4H3,(H2,29,34)(H,32,35). The Morgan fingerprint density at radius 3 is 2.61 bits per heavy atom. The van der Waals surface area contributed by atoms with Gasteiger partial charge in [-0.1, -0.05) is 13.8 Å². The summed E-state index contributed by atoms with van der Waals surface area (Å²) in [4.78, 5) is 28.9. The van der Waals surface area contributed by atoms with Crippen LogP contribution in [-0.4, -0.2) is 55.9 Å². The summed E-state index contributed by atoms with van der Waals surface area (Å²) in [5.74, 6) is 0.315. The highest BCUT2D eigenvalue weighted by Crippen LogP contribution is 2.56. The van der Waals surface area contributed by atoms with Crippen LogP contribution in [-0.2, 0) is 0 Å². The fourth-order valence-corrected chi connectivity index (χ4v) is 5.64. The van der Waals surface area contributed by atoms with Crippen LogP contribution in [0.4, 0.5) is 0 Å². The first-order chi connectivity index (χ1) is 17.9. The van der Waals surface area contributed by atoms with Crippen molar-refractivity contribution in [3.05, 3.63) is 53.5 Å². The lowest BCUT2D eigenvalue weighted by Gasteiger charge is -2.57. The van der Waals surface area contributed by atoms with E-state index in [1.165, 1.54) is 0 Å². The summed E-state index contributed by atoms with van der Waals surface area (Å²) in [6.07, 6.45) is 6.65. The minimum atomic E-state index is -0.962. The number of aromatic nitrogens is 3. The molecular formula is C28H35N5O5. The van der Waals surface area contributed by atoms with E-state index in [-0.39, 0.29) is 47.4 Å². The highest BCUT2D eigenvalue weighted by molar-refractivity contribution is 6.01. The molecule has 2 aliphatic carbocycles. The van der Waals surface area contributed by atoms with E-state index >= 15 is 0 Å². The summed E-state index contributed by atoms with van der Waals surface area (Å²) in [6.45, 7) is 7.62. The molecule has 0 aliphatic heterocycles. The number of pyridine rings is 2. The summed E-state index contributed by atoms with van der Waals surface area (Å²) in [5.41, 5.74) is 6.98. The average molecular weight is 522 g/mol. The molecule has 1 spiro atoms. The zero-order valence-electron chi connectivity index (χ0n) is 22.2. The Bertz CT molecular complexity index is 1360. The first-order valence-corrected chi connectivity index (χ1v) is 13.0. The first-order valence-electron chi connectivity index (χ1n) is 13.0. The molecule has 3 aromatic rings. The lowest BCUT2D eigenvalue weighted by atomic mass is 9.53. The third kappa shape index (κ3) is 5.05. The van der Waals surface area contributed by atoms with Crippen LogP contribution in [0.5, 0.6) is 11.6 Å². The van der Waals surface area contributed by atoms with Gasteiger partial charge in [-0.3, -0.25) is 9.59 Å². The van der Waals surface area contributed by atoms with E-state index in [0.29, 0.717) is 16.8 Å². The maximum atomic E-state index is 13.2. The van der Waals surface area contributed by atoms with E-state index in [2.05, 4.69) is 15.4 Å². The molecule has 0 aromatic carbocycles. The van der Waals surface area contributed by atoms with Crippen LogP contribution in [0.2, 0.25) is 0 Å². The van der Waals surface area contributed by atoms with Crippen LogP contribution in [0.3, 0.4) is 0 Å². The quantitative estimate of drug-likeness (QED) is 0.393. The van der Waals surface area contributed by atoms with Crippen molar-refractivity contribution in [1.82, 2.24) is 19.9 Å². The fourth-order valence-electron chi connectivity index (χ4n) is 5.64. The van der Waals surface area contributed by atoms with E-state index in [1.807, 2.05) is 26.0 Å². The molecule has 5 rings (SSSR count). The second-order valence-electron chi connectivity index (χ2n) is 11.6. The van der Waals surface area contributed by atoms with E-state index < -0.39 is 11.5 Å². The van der Waals surface area contributed by atoms with Crippen molar-refractivity contribution in [3.63, 3.8) is 0 Å². The number of aliphatic hydroxyl groups is 1. The monoisotopic (exact) mass is 521 g/mol. The summed E-state index contributed by atoms with van der Waals surface area (Å²) in [7, 11) is 0. The molecule has 4 N–H and O–H groups in total. The number of primary amides is 1. The second-order valence-corrected chi connectivity index (χ2v) is 11.6. The zero-order chi connectivity index (χ0) is 27.2. The number of hydrogen-bond acceptors (Lipinski definition) is 7. The summed E-state index contributed by atoms with van der Waals surface area (Å²) < 4.78 is 13.6. The van der Waals surface area contributed by atoms with Crippen molar-refractivity contribution >= 4 is 17.3 Å². The van der Waals surface area contributed by atoms with Crippen molar-refractivity contribution in [2.75, 3.05) is 6.61 Å². The van der Waals surface area contributed by atoms with Gasteiger partial charge in [0.15, 0.2) is 0 Å². The van der Waals surface area contributed by atoms with E-state index in [9.17, 15) is 14.7 Å². The maximum Gasteiger partial charge on any atom is 0.255 e. The molecule has 202 valence electrons. The Kier molecular flexibility index (Phi) is 6.54. The van der Waals surface area contributed by atoms with Gasteiger partial charge >= 0.3 is 0 Å². The number of hydrogen-bond donors (Lipinski definition) is 3.